The number of aliphatic hydroxyl groups is 1. The number of alkyl halides is 3. The van der Waals surface area contributed by atoms with Crippen molar-refractivity contribution in [3.8, 4) is 0 Å². The van der Waals surface area contributed by atoms with E-state index in [4.69, 9.17) is 9.73 Å². The van der Waals surface area contributed by atoms with Gasteiger partial charge >= 0.3 is 12.2 Å². The van der Waals surface area contributed by atoms with Crippen LogP contribution < -0.4 is 0 Å². The molecule has 2 amide bonds. The van der Waals surface area contributed by atoms with Gasteiger partial charge in [-0.15, -0.1) is 0 Å². The summed E-state index contributed by atoms with van der Waals surface area (Å²) >= 11 is 0. The number of urea groups is 1. The standard InChI is InChI=1S/C25H32F3N3O3/c1-34-13-10-21-6-7-23(29-21)19-14-18(17-2-4-20(5-3-17)25(26,27)28)15-31(16-19)24(33)30-11-8-22(32)9-12-30/h2-6,18-19,22,32H,7-16H2,1H3. The third kappa shape index (κ3) is 5.81. The van der Waals surface area contributed by atoms with Crippen molar-refractivity contribution in [3.63, 3.8) is 0 Å². The summed E-state index contributed by atoms with van der Waals surface area (Å²) in [7, 11) is 1.65. The van der Waals surface area contributed by atoms with Gasteiger partial charge in [0.1, 0.15) is 0 Å². The molecule has 0 aliphatic carbocycles. The highest BCUT2D eigenvalue weighted by Gasteiger charge is 2.37. The van der Waals surface area contributed by atoms with Crippen LogP contribution in [0.25, 0.3) is 0 Å². The number of piperidine rings is 2. The molecule has 4 rings (SSSR count). The number of halogens is 3. The maximum atomic E-state index is 13.3. The number of likely N-dealkylation sites (tertiary alicyclic amines) is 2. The SMILES string of the molecule is COCCC1=CCC(C2CC(c3ccc(C(F)(F)F)cc3)CN(C(=O)N3CCC(O)CC3)C2)=N1. The number of methoxy groups -OCH3 is 1. The van der Waals surface area contributed by atoms with Crippen molar-refractivity contribution in [1.29, 1.82) is 0 Å². The second-order valence-electron chi connectivity index (χ2n) is 9.40. The van der Waals surface area contributed by atoms with E-state index < -0.39 is 11.7 Å². The lowest BCUT2D eigenvalue weighted by Crippen LogP contribution is -2.52. The molecule has 3 aliphatic heterocycles. The van der Waals surface area contributed by atoms with Crippen molar-refractivity contribution >= 4 is 11.7 Å². The zero-order valence-electron chi connectivity index (χ0n) is 19.4. The number of aliphatic imine (C=N–C) groups is 1. The van der Waals surface area contributed by atoms with E-state index in [1.807, 2.05) is 4.90 Å². The first kappa shape index (κ1) is 24.7. The van der Waals surface area contributed by atoms with E-state index in [1.54, 1.807) is 12.0 Å². The van der Waals surface area contributed by atoms with Gasteiger partial charge in [0.2, 0.25) is 0 Å². The van der Waals surface area contributed by atoms with Crippen LogP contribution in [0.4, 0.5) is 18.0 Å². The van der Waals surface area contributed by atoms with E-state index in [1.165, 1.54) is 12.1 Å². The predicted molar refractivity (Wildman–Crippen MR) is 123 cm³/mol. The molecule has 0 saturated carbocycles. The Labute approximate surface area is 198 Å². The van der Waals surface area contributed by atoms with Crippen LogP contribution in [0, 0.1) is 5.92 Å². The lowest BCUT2D eigenvalue weighted by atomic mass is 9.81. The molecule has 0 radical (unpaired) electrons. The van der Waals surface area contributed by atoms with Gasteiger partial charge in [-0.3, -0.25) is 4.99 Å². The molecule has 2 saturated heterocycles. The summed E-state index contributed by atoms with van der Waals surface area (Å²) in [6, 6.07) is 5.24. The number of ether oxygens (including phenoxy) is 1. The molecular formula is C25H32F3N3O3. The fraction of sp³-hybridized carbons (Fsp3) is 0.600. The fourth-order valence-corrected chi connectivity index (χ4v) is 5.06. The van der Waals surface area contributed by atoms with E-state index in [-0.39, 0.29) is 24.0 Å². The van der Waals surface area contributed by atoms with Crippen LogP contribution in [0.1, 0.15) is 49.1 Å². The molecule has 34 heavy (non-hydrogen) atoms. The first-order chi connectivity index (χ1) is 16.2. The highest BCUT2D eigenvalue weighted by atomic mass is 19.4. The topological polar surface area (TPSA) is 65.4 Å². The van der Waals surface area contributed by atoms with Crippen LogP contribution >= 0.6 is 0 Å². The minimum absolute atomic E-state index is 0.0386. The number of nitrogens with zero attached hydrogens (tertiary/aromatic N) is 3. The predicted octanol–water partition coefficient (Wildman–Crippen LogP) is 4.45. The monoisotopic (exact) mass is 479 g/mol. The van der Waals surface area contributed by atoms with Crippen molar-refractivity contribution in [3.05, 3.63) is 47.2 Å². The third-order valence-corrected chi connectivity index (χ3v) is 7.03. The molecule has 2 atom stereocenters. The number of hydrogen-bond donors (Lipinski definition) is 1. The molecule has 2 unspecified atom stereocenters. The first-order valence-electron chi connectivity index (χ1n) is 11.9. The summed E-state index contributed by atoms with van der Waals surface area (Å²) in [6.07, 6.45) is 0.650. The molecule has 0 aromatic heterocycles. The number of hydrogen-bond acceptors (Lipinski definition) is 4. The summed E-state index contributed by atoms with van der Waals surface area (Å²) < 4.78 is 44.3. The highest BCUT2D eigenvalue weighted by molar-refractivity contribution is 5.91. The summed E-state index contributed by atoms with van der Waals surface area (Å²) in [5, 5.41) is 9.80. The van der Waals surface area contributed by atoms with Gasteiger partial charge < -0.3 is 19.6 Å². The molecule has 2 fully saturated rings. The minimum Gasteiger partial charge on any atom is -0.393 e. The Kier molecular flexibility index (Phi) is 7.62. The van der Waals surface area contributed by atoms with Crippen LogP contribution in [0.5, 0.6) is 0 Å². The van der Waals surface area contributed by atoms with Crippen molar-refractivity contribution < 1.29 is 27.8 Å². The van der Waals surface area contributed by atoms with E-state index in [2.05, 4.69) is 6.08 Å². The molecular weight excluding hydrogens is 447 g/mol. The van der Waals surface area contributed by atoms with Gasteiger partial charge in [0.15, 0.2) is 0 Å². The first-order valence-corrected chi connectivity index (χ1v) is 11.9. The Morgan fingerprint density at radius 2 is 1.79 bits per heavy atom. The molecule has 9 heteroatoms. The van der Waals surface area contributed by atoms with E-state index in [0.717, 1.165) is 48.4 Å². The van der Waals surface area contributed by atoms with Gasteiger partial charge in [-0.1, -0.05) is 18.2 Å². The smallest absolute Gasteiger partial charge is 0.393 e. The summed E-state index contributed by atoms with van der Waals surface area (Å²) in [6.45, 7) is 2.61. The average Bonchev–Trinajstić information content (AvgIpc) is 3.31. The Bertz CT molecular complexity index is 922. The number of benzene rings is 1. The second-order valence-corrected chi connectivity index (χ2v) is 9.40. The van der Waals surface area contributed by atoms with E-state index in [0.29, 0.717) is 45.6 Å². The van der Waals surface area contributed by atoms with Gasteiger partial charge in [-0.2, -0.15) is 13.2 Å². The summed E-state index contributed by atoms with van der Waals surface area (Å²) in [4.78, 5) is 21.7. The van der Waals surface area contributed by atoms with E-state index >= 15 is 0 Å². The zero-order chi connectivity index (χ0) is 24.3. The van der Waals surface area contributed by atoms with Crippen LogP contribution in [0.3, 0.4) is 0 Å². The number of amides is 2. The maximum absolute atomic E-state index is 13.3. The number of rotatable bonds is 5. The molecule has 6 nitrogen and oxygen atoms in total. The lowest BCUT2D eigenvalue weighted by Gasteiger charge is -2.41. The molecule has 1 aromatic rings. The minimum atomic E-state index is -4.38. The molecule has 1 N–H and O–H groups in total. The zero-order valence-corrected chi connectivity index (χ0v) is 19.4. The molecule has 0 spiro atoms. The number of carbonyl (C=O) groups is 1. The van der Waals surface area contributed by atoms with Crippen LogP contribution in [0.15, 0.2) is 41.0 Å². The van der Waals surface area contributed by atoms with Gasteiger partial charge in [0.25, 0.3) is 0 Å². The Balaban J connectivity index is 1.53. The number of aliphatic hydroxyl groups excluding tert-OH is 1. The lowest BCUT2D eigenvalue weighted by molar-refractivity contribution is -0.137. The summed E-state index contributed by atoms with van der Waals surface area (Å²) in [5.74, 6) is -0.0391. The van der Waals surface area contributed by atoms with Crippen molar-refractivity contribution in [2.24, 2.45) is 10.9 Å². The normalized spacial score (nSPS) is 24.3. The second kappa shape index (κ2) is 10.5. The molecule has 0 bridgehead atoms. The quantitative estimate of drug-likeness (QED) is 0.679. The summed E-state index contributed by atoms with van der Waals surface area (Å²) in [5.41, 5.74) is 2.14. The third-order valence-electron chi connectivity index (χ3n) is 7.03. The van der Waals surface area contributed by atoms with Crippen molar-refractivity contribution in [1.82, 2.24) is 9.80 Å². The molecule has 3 aliphatic rings. The van der Waals surface area contributed by atoms with Gasteiger partial charge in [-0.25, -0.2) is 4.79 Å². The van der Waals surface area contributed by atoms with Crippen LogP contribution in [0.2, 0.25) is 0 Å². The van der Waals surface area contributed by atoms with Crippen LogP contribution in [-0.4, -0.2) is 72.6 Å². The van der Waals surface area contributed by atoms with Gasteiger partial charge in [-0.05, 0) is 37.0 Å². The van der Waals surface area contributed by atoms with Crippen molar-refractivity contribution in [2.75, 3.05) is 39.9 Å². The van der Waals surface area contributed by atoms with Gasteiger partial charge in [0.05, 0.1) is 18.3 Å². The average molecular weight is 480 g/mol. The number of allylic oxidation sites excluding steroid dienone is 1. The van der Waals surface area contributed by atoms with Crippen LogP contribution in [-0.2, 0) is 10.9 Å². The molecule has 3 heterocycles. The Morgan fingerprint density at radius 3 is 2.44 bits per heavy atom. The Morgan fingerprint density at radius 1 is 1.12 bits per heavy atom. The molecule has 186 valence electrons. The van der Waals surface area contributed by atoms with Gasteiger partial charge in [0, 0.05) is 69.4 Å². The Hall–Kier alpha value is -2.39. The maximum Gasteiger partial charge on any atom is 0.416 e. The largest absolute Gasteiger partial charge is 0.416 e. The molecule has 1 aromatic carbocycles. The fourth-order valence-electron chi connectivity index (χ4n) is 5.06. The number of carbonyl (C=O) groups excluding carboxylic acids is 1. The van der Waals surface area contributed by atoms with Crippen molar-refractivity contribution in [2.45, 2.75) is 50.3 Å². The van der Waals surface area contributed by atoms with E-state index in [9.17, 15) is 23.1 Å². The highest BCUT2D eigenvalue weighted by Crippen LogP contribution is 2.36.